The Morgan fingerprint density at radius 2 is 1.95 bits per heavy atom. The fraction of sp³-hybridized carbons (Fsp3) is 0.143. The molecule has 0 aliphatic carbocycles. The van der Waals surface area contributed by atoms with Gasteiger partial charge in [-0.15, -0.1) is 11.3 Å². The van der Waals surface area contributed by atoms with Crippen molar-refractivity contribution in [3.63, 3.8) is 0 Å². The van der Waals surface area contributed by atoms with Crippen molar-refractivity contribution in [1.29, 1.82) is 0 Å². The molecular formula is C14H12N2O5S. The first-order valence-corrected chi connectivity index (χ1v) is 7.11. The Labute approximate surface area is 129 Å². The minimum Gasteiger partial charge on any atom is -0.462 e. The van der Waals surface area contributed by atoms with E-state index >= 15 is 0 Å². The maximum Gasteiger partial charge on any atom is 0.341 e. The van der Waals surface area contributed by atoms with Crippen molar-refractivity contribution in [3.8, 4) is 0 Å². The summed E-state index contributed by atoms with van der Waals surface area (Å²) in [5.74, 6) is -0.943. The van der Waals surface area contributed by atoms with Crippen molar-refractivity contribution in [2.24, 2.45) is 0 Å². The van der Waals surface area contributed by atoms with E-state index in [1.54, 1.807) is 6.92 Å². The van der Waals surface area contributed by atoms with Gasteiger partial charge in [-0.05, 0) is 25.1 Å². The number of hydrogen-bond donors (Lipinski definition) is 1. The van der Waals surface area contributed by atoms with E-state index in [-0.39, 0.29) is 39.1 Å². The number of benzene rings is 1. The molecule has 0 spiro atoms. The van der Waals surface area contributed by atoms with Crippen LogP contribution in [0.4, 0.5) is 10.7 Å². The highest BCUT2D eigenvalue weighted by Gasteiger charge is 2.20. The number of ketones is 1. The molecule has 0 unspecified atom stereocenters. The Balaban J connectivity index is 2.28. The van der Waals surface area contributed by atoms with Crippen molar-refractivity contribution in [2.75, 3.05) is 12.3 Å². The maximum atomic E-state index is 12.3. The molecule has 22 heavy (non-hydrogen) atoms. The van der Waals surface area contributed by atoms with Gasteiger partial charge in [0.2, 0.25) is 5.78 Å². The average Bonchev–Trinajstić information content (AvgIpc) is 2.89. The molecule has 0 aliphatic rings. The van der Waals surface area contributed by atoms with Crippen molar-refractivity contribution in [3.05, 3.63) is 56.5 Å². The number of esters is 1. The third-order valence-corrected chi connectivity index (χ3v) is 3.78. The van der Waals surface area contributed by atoms with Gasteiger partial charge in [-0.3, -0.25) is 14.9 Å². The number of anilines is 1. The van der Waals surface area contributed by atoms with Crippen LogP contribution in [0.5, 0.6) is 0 Å². The minimum absolute atomic E-state index is 0.102. The standard InChI is InChI=1S/C14H12N2O5S/c1-2-21-14(18)10-7-11(22-13(10)15)12(17)8-3-5-9(6-4-8)16(19)20/h3-7H,2,15H2,1H3. The number of carbonyl (C=O) groups is 2. The Hall–Kier alpha value is -2.74. The molecule has 2 N–H and O–H groups in total. The molecule has 1 aromatic carbocycles. The van der Waals surface area contributed by atoms with E-state index in [4.69, 9.17) is 10.5 Å². The zero-order chi connectivity index (χ0) is 16.3. The predicted molar refractivity (Wildman–Crippen MR) is 81.2 cm³/mol. The predicted octanol–water partition coefficient (Wildman–Crippen LogP) is 2.65. The van der Waals surface area contributed by atoms with Crippen LogP contribution in [0, 0.1) is 10.1 Å². The molecule has 8 heteroatoms. The van der Waals surface area contributed by atoms with Crippen molar-refractivity contribution >= 4 is 33.8 Å². The van der Waals surface area contributed by atoms with Gasteiger partial charge in [-0.1, -0.05) is 0 Å². The lowest BCUT2D eigenvalue weighted by Crippen LogP contribution is -2.05. The summed E-state index contributed by atoms with van der Waals surface area (Å²) in [4.78, 5) is 34.3. The lowest BCUT2D eigenvalue weighted by molar-refractivity contribution is -0.384. The third kappa shape index (κ3) is 3.12. The summed E-state index contributed by atoms with van der Waals surface area (Å²) in [6.07, 6.45) is 0. The third-order valence-electron chi connectivity index (χ3n) is 2.82. The number of ether oxygens (including phenoxy) is 1. The Morgan fingerprint density at radius 1 is 1.32 bits per heavy atom. The van der Waals surface area contributed by atoms with E-state index in [0.29, 0.717) is 0 Å². The first kappa shape index (κ1) is 15.6. The van der Waals surface area contributed by atoms with E-state index < -0.39 is 10.9 Å². The van der Waals surface area contributed by atoms with E-state index in [0.717, 1.165) is 11.3 Å². The smallest absolute Gasteiger partial charge is 0.341 e. The first-order chi connectivity index (χ1) is 10.4. The fourth-order valence-electron chi connectivity index (χ4n) is 1.76. The maximum absolute atomic E-state index is 12.3. The summed E-state index contributed by atoms with van der Waals surface area (Å²) >= 11 is 0.976. The van der Waals surface area contributed by atoms with Gasteiger partial charge in [-0.25, -0.2) is 4.79 Å². The lowest BCUT2D eigenvalue weighted by Gasteiger charge is -1.99. The number of hydrogen-bond acceptors (Lipinski definition) is 7. The van der Waals surface area contributed by atoms with Gasteiger partial charge >= 0.3 is 5.97 Å². The molecule has 0 aliphatic heterocycles. The molecule has 7 nitrogen and oxygen atoms in total. The number of thiophene rings is 1. The molecule has 0 amide bonds. The molecular weight excluding hydrogens is 308 g/mol. The average molecular weight is 320 g/mol. The van der Waals surface area contributed by atoms with Crippen molar-refractivity contribution in [1.82, 2.24) is 0 Å². The highest BCUT2D eigenvalue weighted by atomic mass is 32.1. The van der Waals surface area contributed by atoms with E-state index in [2.05, 4.69) is 0 Å². The van der Waals surface area contributed by atoms with Gasteiger partial charge in [0.25, 0.3) is 5.69 Å². The van der Waals surface area contributed by atoms with Crippen LogP contribution >= 0.6 is 11.3 Å². The quantitative estimate of drug-likeness (QED) is 0.392. The van der Waals surface area contributed by atoms with Gasteiger partial charge in [0.1, 0.15) is 5.00 Å². The van der Waals surface area contributed by atoms with Crippen LogP contribution in [0.3, 0.4) is 0 Å². The van der Waals surface area contributed by atoms with Gasteiger partial charge < -0.3 is 10.5 Å². The number of nitrogens with zero attached hydrogens (tertiary/aromatic N) is 1. The summed E-state index contributed by atoms with van der Waals surface area (Å²) in [5, 5.41) is 10.8. The Morgan fingerprint density at radius 3 is 2.50 bits per heavy atom. The second-order valence-electron chi connectivity index (χ2n) is 4.24. The largest absolute Gasteiger partial charge is 0.462 e. The van der Waals surface area contributed by atoms with E-state index in [1.165, 1.54) is 30.3 Å². The van der Waals surface area contributed by atoms with Gasteiger partial charge in [-0.2, -0.15) is 0 Å². The van der Waals surface area contributed by atoms with Crippen LogP contribution in [0.1, 0.15) is 32.5 Å². The molecule has 0 bridgehead atoms. The number of nitrogens with two attached hydrogens (primary N) is 1. The highest BCUT2D eigenvalue weighted by Crippen LogP contribution is 2.28. The lowest BCUT2D eigenvalue weighted by atomic mass is 10.1. The number of rotatable bonds is 5. The summed E-state index contributed by atoms with van der Waals surface area (Å²) in [6, 6.07) is 6.59. The van der Waals surface area contributed by atoms with E-state index in [9.17, 15) is 19.7 Å². The molecule has 0 radical (unpaired) electrons. The first-order valence-electron chi connectivity index (χ1n) is 6.29. The van der Waals surface area contributed by atoms with Crippen LogP contribution in [-0.4, -0.2) is 23.3 Å². The van der Waals surface area contributed by atoms with Crippen molar-refractivity contribution in [2.45, 2.75) is 6.92 Å². The molecule has 114 valence electrons. The summed E-state index contributed by atoms with van der Waals surface area (Å²) in [6.45, 7) is 1.88. The summed E-state index contributed by atoms with van der Waals surface area (Å²) < 4.78 is 4.85. The summed E-state index contributed by atoms with van der Waals surface area (Å²) in [5.41, 5.74) is 6.06. The van der Waals surface area contributed by atoms with Crippen LogP contribution in [-0.2, 0) is 4.74 Å². The molecule has 0 saturated heterocycles. The number of non-ortho nitro benzene ring substituents is 1. The van der Waals surface area contributed by atoms with Crippen molar-refractivity contribution < 1.29 is 19.2 Å². The second-order valence-corrected chi connectivity index (χ2v) is 5.33. The van der Waals surface area contributed by atoms with Crippen LogP contribution in [0.25, 0.3) is 0 Å². The molecule has 0 atom stereocenters. The molecule has 1 heterocycles. The topological polar surface area (TPSA) is 113 Å². The summed E-state index contributed by atoms with van der Waals surface area (Å²) in [7, 11) is 0. The zero-order valence-corrected chi connectivity index (χ0v) is 12.4. The minimum atomic E-state index is -0.584. The second kappa shape index (κ2) is 6.35. The van der Waals surface area contributed by atoms with Gasteiger partial charge in [0, 0.05) is 17.7 Å². The number of nitro groups is 1. The highest BCUT2D eigenvalue weighted by molar-refractivity contribution is 7.18. The number of nitro benzene ring substituents is 1. The fourth-order valence-corrected chi connectivity index (χ4v) is 2.64. The molecule has 0 saturated carbocycles. The zero-order valence-electron chi connectivity index (χ0n) is 11.6. The normalized spacial score (nSPS) is 10.2. The van der Waals surface area contributed by atoms with Gasteiger partial charge in [0.15, 0.2) is 0 Å². The van der Waals surface area contributed by atoms with Gasteiger partial charge in [0.05, 0.1) is 22.0 Å². The van der Waals surface area contributed by atoms with Crippen LogP contribution < -0.4 is 5.73 Å². The van der Waals surface area contributed by atoms with Crippen LogP contribution in [0.15, 0.2) is 30.3 Å². The Bertz CT molecular complexity index is 736. The molecule has 1 aromatic heterocycles. The Kier molecular flexibility index (Phi) is 4.52. The molecule has 0 fully saturated rings. The molecule has 2 aromatic rings. The number of carbonyl (C=O) groups excluding carboxylic acids is 2. The SMILES string of the molecule is CCOC(=O)c1cc(C(=O)c2ccc([N+](=O)[O-])cc2)sc1N. The molecule has 2 rings (SSSR count). The van der Waals surface area contributed by atoms with Crippen LogP contribution in [0.2, 0.25) is 0 Å². The van der Waals surface area contributed by atoms with E-state index in [1.807, 2.05) is 0 Å². The number of nitrogen functional groups attached to an aromatic ring is 1. The monoisotopic (exact) mass is 320 g/mol.